The molecule has 2 heteroatoms. The van der Waals surface area contributed by atoms with Gasteiger partial charge in [0, 0.05) is 13.5 Å². The minimum Gasteiger partial charge on any atom is -0.368 e. The van der Waals surface area contributed by atoms with Crippen LogP contribution in [0.4, 0.5) is 0 Å². The molecule has 0 aromatic heterocycles. The van der Waals surface area contributed by atoms with Crippen molar-refractivity contribution in [2.45, 2.75) is 71.5 Å². The second-order valence-electron chi connectivity index (χ2n) is 5.63. The molecule has 0 spiro atoms. The molecule has 1 aliphatic carbocycles. The Hall–Kier alpha value is -0.0800. The molecule has 0 heterocycles. The molecule has 1 aliphatic rings. The monoisotopic (exact) mass is 228 g/mol. The molecule has 2 atom stereocenters. The topological polar surface area (TPSA) is 29.5 Å². The van der Waals surface area contributed by atoms with Crippen LogP contribution in [0.15, 0.2) is 0 Å². The molecule has 0 aromatic carbocycles. The van der Waals surface area contributed by atoms with Gasteiger partial charge in [-0.05, 0) is 24.2 Å². The van der Waals surface area contributed by atoms with Gasteiger partial charge in [0.25, 0.3) is 0 Å². The zero-order valence-corrected chi connectivity index (χ0v) is 11.2. The Morgan fingerprint density at radius 3 is 2.38 bits per heavy atom. The highest BCUT2D eigenvalue weighted by molar-refractivity contribution is 4.85. The van der Waals surface area contributed by atoms with Gasteiger partial charge in [0.1, 0.15) is 0 Å². The molecule has 16 heavy (non-hydrogen) atoms. The largest absolute Gasteiger partial charge is 0.368 e. The Labute approximate surface area is 100 Å². The number of methoxy groups -OCH3 is 1. The zero-order chi connectivity index (χ0) is 12.0. The number of rotatable bonds is 6. The van der Waals surface area contributed by atoms with E-state index in [4.69, 9.17) is 4.74 Å². The highest BCUT2D eigenvalue weighted by Crippen LogP contribution is 2.45. The molecular formula is C14H28O2. The van der Waals surface area contributed by atoms with Gasteiger partial charge in [-0.2, -0.15) is 0 Å². The summed E-state index contributed by atoms with van der Waals surface area (Å²) in [4.78, 5) is 0. The van der Waals surface area contributed by atoms with Crippen molar-refractivity contribution >= 4 is 0 Å². The van der Waals surface area contributed by atoms with E-state index in [0.29, 0.717) is 11.3 Å². The summed E-state index contributed by atoms with van der Waals surface area (Å²) in [5, 5.41) is 9.68. The lowest BCUT2D eigenvalue weighted by Gasteiger charge is -2.41. The first-order chi connectivity index (χ1) is 7.62. The van der Waals surface area contributed by atoms with E-state index >= 15 is 0 Å². The lowest BCUT2D eigenvalue weighted by Crippen LogP contribution is -2.33. The van der Waals surface area contributed by atoms with Crippen molar-refractivity contribution in [3.05, 3.63) is 0 Å². The van der Waals surface area contributed by atoms with E-state index in [2.05, 4.69) is 13.8 Å². The third-order valence-corrected chi connectivity index (χ3v) is 4.38. The molecule has 0 radical (unpaired) electrons. The van der Waals surface area contributed by atoms with Gasteiger partial charge in [0.05, 0.1) is 0 Å². The van der Waals surface area contributed by atoms with E-state index in [1.807, 2.05) is 0 Å². The summed E-state index contributed by atoms with van der Waals surface area (Å²) < 4.78 is 5.02. The molecule has 1 rings (SSSR count). The molecular weight excluding hydrogens is 200 g/mol. The van der Waals surface area contributed by atoms with Crippen LogP contribution in [0.1, 0.15) is 65.2 Å². The molecule has 96 valence electrons. The molecule has 1 saturated carbocycles. The Bertz CT molecular complexity index is 185. The van der Waals surface area contributed by atoms with Crippen LogP contribution in [0, 0.1) is 11.3 Å². The number of hydrogen-bond acceptors (Lipinski definition) is 2. The molecule has 0 amide bonds. The summed E-state index contributed by atoms with van der Waals surface area (Å²) in [5.74, 6) is 0.618. The number of aliphatic hydroxyl groups excluding tert-OH is 1. The minimum absolute atomic E-state index is 0.438. The van der Waals surface area contributed by atoms with E-state index in [-0.39, 0.29) is 0 Å². The van der Waals surface area contributed by atoms with Crippen LogP contribution >= 0.6 is 0 Å². The summed E-state index contributed by atoms with van der Waals surface area (Å²) in [6.07, 6.45) is 9.42. The van der Waals surface area contributed by atoms with Crippen molar-refractivity contribution in [2.75, 3.05) is 7.11 Å². The lowest BCUT2D eigenvalue weighted by molar-refractivity contribution is -0.101. The van der Waals surface area contributed by atoms with Gasteiger partial charge in [-0.3, -0.25) is 0 Å². The maximum atomic E-state index is 9.68. The number of hydrogen-bond donors (Lipinski definition) is 1. The highest BCUT2D eigenvalue weighted by Gasteiger charge is 2.35. The average molecular weight is 228 g/mol. The van der Waals surface area contributed by atoms with E-state index in [1.165, 1.54) is 44.9 Å². The predicted octanol–water partition coefficient (Wildman–Crippen LogP) is 3.73. The summed E-state index contributed by atoms with van der Waals surface area (Å²) in [5.41, 5.74) is 0.438. The van der Waals surface area contributed by atoms with Crippen molar-refractivity contribution in [3.63, 3.8) is 0 Å². The van der Waals surface area contributed by atoms with Crippen molar-refractivity contribution in [3.8, 4) is 0 Å². The van der Waals surface area contributed by atoms with Crippen LogP contribution in [0.25, 0.3) is 0 Å². The van der Waals surface area contributed by atoms with Crippen LogP contribution in [-0.4, -0.2) is 18.5 Å². The molecule has 2 nitrogen and oxygen atoms in total. The molecule has 0 aromatic rings. The smallest absolute Gasteiger partial charge is 0.154 e. The Kier molecular flexibility index (Phi) is 5.77. The van der Waals surface area contributed by atoms with Crippen LogP contribution in [0.2, 0.25) is 0 Å². The van der Waals surface area contributed by atoms with Gasteiger partial charge in [-0.15, -0.1) is 0 Å². The molecule has 0 aliphatic heterocycles. The maximum Gasteiger partial charge on any atom is 0.154 e. The fourth-order valence-corrected chi connectivity index (χ4v) is 3.21. The molecule has 2 unspecified atom stereocenters. The van der Waals surface area contributed by atoms with Crippen molar-refractivity contribution < 1.29 is 9.84 Å². The van der Waals surface area contributed by atoms with Crippen LogP contribution in [0.3, 0.4) is 0 Å². The van der Waals surface area contributed by atoms with Crippen molar-refractivity contribution in [1.29, 1.82) is 0 Å². The number of ether oxygens (including phenoxy) is 1. The predicted molar refractivity (Wildman–Crippen MR) is 67.2 cm³/mol. The van der Waals surface area contributed by atoms with Gasteiger partial charge in [0.2, 0.25) is 0 Å². The summed E-state index contributed by atoms with van der Waals surface area (Å²) >= 11 is 0. The fraction of sp³-hybridized carbons (Fsp3) is 1.00. The van der Waals surface area contributed by atoms with Gasteiger partial charge in [0.15, 0.2) is 6.29 Å². The second-order valence-corrected chi connectivity index (χ2v) is 5.63. The van der Waals surface area contributed by atoms with E-state index in [1.54, 1.807) is 7.11 Å². The fourth-order valence-electron chi connectivity index (χ4n) is 3.21. The highest BCUT2D eigenvalue weighted by atomic mass is 16.6. The van der Waals surface area contributed by atoms with Gasteiger partial charge in [-0.1, -0.05) is 46.0 Å². The third-order valence-electron chi connectivity index (χ3n) is 4.38. The molecule has 1 fully saturated rings. The van der Waals surface area contributed by atoms with E-state index < -0.39 is 6.29 Å². The zero-order valence-electron chi connectivity index (χ0n) is 11.2. The number of aliphatic hydroxyl groups is 1. The van der Waals surface area contributed by atoms with Crippen LogP contribution < -0.4 is 0 Å². The van der Waals surface area contributed by atoms with Gasteiger partial charge in [-0.25, -0.2) is 0 Å². The second kappa shape index (κ2) is 6.61. The van der Waals surface area contributed by atoms with E-state index in [9.17, 15) is 5.11 Å². The lowest BCUT2D eigenvalue weighted by atomic mass is 9.65. The van der Waals surface area contributed by atoms with Crippen molar-refractivity contribution in [2.24, 2.45) is 11.3 Å². The molecule has 0 saturated heterocycles. The van der Waals surface area contributed by atoms with Crippen molar-refractivity contribution in [1.82, 2.24) is 0 Å². The van der Waals surface area contributed by atoms with Gasteiger partial charge < -0.3 is 9.84 Å². The Morgan fingerprint density at radius 2 is 1.88 bits per heavy atom. The van der Waals surface area contributed by atoms with E-state index in [0.717, 1.165) is 6.42 Å². The SMILES string of the molecule is CCCC(CC(O)OC)C1(C)CCCCC1. The molecule has 0 bridgehead atoms. The summed E-state index contributed by atoms with van der Waals surface area (Å²) in [6.45, 7) is 4.65. The summed E-state index contributed by atoms with van der Waals surface area (Å²) in [6, 6.07) is 0. The van der Waals surface area contributed by atoms with Crippen LogP contribution in [-0.2, 0) is 4.74 Å². The Balaban J connectivity index is 2.59. The normalized spacial score (nSPS) is 24.0. The standard InChI is InChI=1S/C14H28O2/c1-4-8-12(11-13(15)16-3)14(2)9-6-5-7-10-14/h12-13,15H,4-11H2,1-3H3. The first kappa shape index (κ1) is 14.0. The first-order valence-electron chi connectivity index (χ1n) is 6.83. The summed E-state index contributed by atoms with van der Waals surface area (Å²) in [7, 11) is 1.59. The third kappa shape index (κ3) is 3.74. The van der Waals surface area contributed by atoms with Gasteiger partial charge >= 0.3 is 0 Å². The Morgan fingerprint density at radius 1 is 1.25 bits per heavy atom. The van der Waals surface area contributed by atoms with Crippen LogP contribution in [0.5, 0.6) is 0 Å². The minimum atomic E-state index is -0.574. The average Bonchev–Trinajstić information content (AvgIpc) is 2.29. The molecule has 1 N–H and O–H groups in total. The quantitative estimate of drug-likeness (QED) is 0.702. The maximum absolute atomic E-state index is 9.68. The first-order valence-corrected chi connectivity index (χ1v) is 6.83.